The van der Waals surface area contributed by atoms with Crippen molar-refractivity contribution in [2.45, 2.75) is 32.1 Å². The van der Waals surface area contributed by atoms with Gasteiger partial charge in [0.15, 0.2) is 0 Å². The van der Waals surface area contributed by atoms with Gasteiger partial charge in [-0.3, -0.25) is 0 Å². The molecule has 0 aromatic carbocycles. The molecule has 0 aliphatic rings. The van der Waals surface area contributed by atoms with Crippen molar-refractivity contribution in [3.8, 4) is 0 Å². The third-order valence-electron chi connectivity index (χ3n) is 1.75. The SMILES string of the molecule is CC[Si](C)(C)CCO. The van der Waals surface area contributed by atoms with Crippen LogP contribution in [0.4, 0.5) is 0 Å². The largest absolute Gasteiger partial charge is 0.397 e. The minimum absolute atomic E-state index is 0.382. The summed E-state index contributed by atoms with van der Waals surface area (Å²) >= 11 is 0. The van der Waals surface area contributed by atoms with E-state index in [-0.39, 0.29) is 0 Å². The molecule has 0 aliphatic carbocycles. The summed E-state index contributed by atoms with van der Waals surface area (Å²) in [5.74, 6) is 0. The van der Waals surface area contributed by atoms with Gasteiger partial charge in [-0.15, -0.1) is 0 Å². The Balaban J connectivity index is 3.37. The first kappa shape index (κ1) is 8.18. The molecule has 2 heteroatoms. The van der Waals surface area contributed by atoms with E-state index in [4.69, 9.17) is 5.11 Å². The van der Waals surface area contributed by atoms with Crippen molar-refractivity contribution in [3.63, 3.8) is 0 Å². The molecule has 0 rings (SSSR count). The monoisotopic (exact) mass is 132 g/mol. The summed E-state index contributed by atoms with van der Waals surface area (Å²) in [6.45, 7) is 7.21. The zero-order valence-electron chi connectivity index (χ0n) is 6.07. The highest BCUT2D eigenvalue weighted by Crippen LogP contribution is 2.12. The van der Waals surface area contributed by atoms with Gasteiger partial charge in [0.2, 0.25) is 0 Å². The highest BCUT2D eigenvalue weighted by atomic mass is 28.3. The van der Waals surface area contributed by atoms with Gasteiger partial charge in [0.25, 0.3) is 0 Å². The van der Waals surface area contributed by atoms with E-state index in [0.717, 1.165) is 6.04 Å². The summed E-state index contributed by atoms with van der Waals surface area (Å²) in [6.07, 6.45) is 0. The smallest absolute Gasteiger partial charge is 0.0493 e. The van der Waals surface area contributed by atoms with Crippen LogP contribution in [0, 0.1) is 0 Å². The van der Waals surface area contributed by atoms with Gasteiger partial charge in [-0.05, 0) is 6.04 Å². The van der Waals surface area contributed by atoms with Crippen molar-refractivity contribution in [2.24, 2.45) is 0 Å². The van der Waals surface area contributed by atoms with Gasteiger partial charge in [-0.25, -0.2) is 0 Å². The highest BCUT2D eigenvalue weighted by molar-refractivity contribution is 6.77. The van der Waals surface area contributed by atoms with E-state index in [1.54, 1.807) is 0 Å². The number of rotatable bonds is 3. The van der Waals surface area contributed by atoms with Crippen LogP contribution in [0.25, 0.3) is 0 Å². The molecular weight excluding hydrogens is 116 g/mol. The molecule has 0 fully saturated rings. The van der Waals surface area contributed by atoms with Crippen molar-refractivity contribution < 1.29 is 5.11 Å². The maximum atomic E-state index is 8.57. The predicted octanol–water partition coefficient (Wildman–Crippen LogP) is 1.71. The van der Waals surface area contributed by atoms with E-state index >= 15 is 0 Å². The molecule has 50 valence electrons. The highest BCUT2D eigenvalue weighted by Gasteiger charge is 2.15. The second kappa shape index (κ2) is 3.25. The molecule has 1 nitrogen and oxygen atoms in total. The van der Waals surface area contributed by atoms with Crippen molar-refractivity contribution in [1.29, 1.82) is 0 Å². The fourth-order valence-corrected chi connectivity index (χ4v) is 1.44. The molecular formula is C6H16OSi. The quantitative estimate of drug-likeness (QED) is 0.580. The van der Waals surface area contributed by atoms with Crippen molar-refractivity contribution in [2.75, 3.05) is 6.61 Å². The molecule has 8 heavy (non-hydrogen) atoms. The van der Waals surface area contributed by atoms with E-state index < -0.39 is 8.07 Å². The lowest BCUT2D eigenvalue weighted by Crippen LogP contribution is -2.24. The van der Waals surface area contributed by atoms with E-state index in [1.165, 1.54) is 6.04 Å². The normalized spacial score (nSPS) is 12.0. The van der Waals surface area contributed by atoms with Gasteiger partial charge in [0.1, 0.15) is 0 Å². The predicted molar refractivity (Wildman–Crippen MR) is 39.9 cm³/mol. The van der Waals surface area contributed by atoms with Crippen LogP contribution in [0.3, 0.4) is 0 Å². The Kier molecular flexibility index (Phi) is 3.32. The Bertz CT molecular complexity index is 61.5. The third kappa shape index (κ3) is 3.21. The van der Waals surface area contributed by atoms with Gasteiger partial charge in [0.05, 0.1) is 0 Å². The molecule has 0 radical (unpaired) electrons. The van der Waals surface area contributed by atoms with Gasteiger partial charge in [-0.1, -0.05) is 26.1 Å². The van der Waals surface area contributed by atoms with Crippen LogP contribution in [0.2, 0.25) is 25.2 Å². The zero-order valence-corrected chi connectivity index (χ0v) is 7.07. The molecule has 0 unspecified atom stereocenters. The van der Waals surface area contributed by atoms with E-state index in [9.17, 15) is 0 Å². The Labute approximate surface area is 52.7 Å². The van der Waals surface area contributed by atoms with Crippen LogP contribution in [-0.2, 0) is 0 Å². The Hall–Kier alpha value is 0.177. The third-order valence-corrected chi connectivity index (χ3v) is 5.24. The summed E-state index contributed by atoms with van der Waals surface area (Å²) in [4.78, 5) is 0. The maximum absolute atomic E-state index is 8.57. The topological polar surface area (TPSA) is 20.2 Å². The summed E-state index contributed by atoms with van der Waals surface area (Å²) in [5.41, 5.74) is 0. The molecule has 0 atom stereocenters. The molecule has 0 heterocycles. The van der Waals surface area contributed by atoms with Crippen LogP contribution in [0.15, 0.2) is 0 Å². The Morgan fingerprint density at radius 2 is 1.88 bits per heavy atom. The number of hydrogen-bond donors (Lipinski definition) is 1. The maximum Gasteiger partial charge on any atom is 0.0493 e. The second-order valence-electron chi connectivity index (χ2n) is 2.99. The van der Waals surface area contributed by atoms with E-state index in [1.807, 2.05) is 0 Å². The Morgan fingerprint density at radius 1 is 1.38 bits per heavy atom. The molecule has 0 amide bonds. The van der Waals surface area contributed by atoms with Crippen molar-refractivity contribution >= 4 is 8.07 Å². The van der Waals surface area contributed by atoms with E-state index in [0.29, 0.717) is 6.61 Å². The zero-order chi connectivity index (χ0) is 6.62. The first-order chi connectivity index (χ1) is 3.62. The molecule has 0 spiro atoms. The fourth-order valence-electron chi connectivity index (χ4n) is 0.479. The minimum atomic E-state index is -0.927. The summed E-state index contributed by atoms with van der Waals surface area (Å²) in [7, 11) is -0.927. The lowest BCUT2D eigenvalue weighted by molar-refractivity contribution is 0.316. The summed E-state index contributed by atoms with van der Waals surface area (Å²) < 4.78 is 0. The standard InChI is InChI=1S/C6H16OSi/c1-4-8(2,3)6-5-7/h7H,4-6H2,1-3H3. The lowest BCUT2D eigenvalue weighted by Gasteiger charge is -2.17. The molecule has 0 saturated heterocycles. The number of aliphatic hydroxyl groups excluding tert-OH is 1. The van der Waals surface area contributed by atoms with Crippen molar-refractivity contribution in [1.82, 2.24) is 0 Å². The summed E-state index contributed by atoms with van der Waals surface area (Å²) in [6, 6.07) is 2.34. The van der Waals surface area contributed by atoms with Crippen LogP contribution in [0.1, 0.15) is 6.92 Å². The number of hydrogen-bond acceptors (Lipinski definition) is 1. The molecule has 0 aromatic heterocycles. The molecule has 0 bridgehead atoms. The molecule has 0 aromatic rings. The minimum Gasteiger partial charge on any atom is -0.397 e. The first-order valence-electron chi connectivity index (χ1n) is 3.23. The number of aliphatic hydroxyl groups is 1. The first-order valence-corrected chi connectivity index (χ1v) is 6.64. The average molecular weight is 132 g/mol. The van der Waals surface area contributed by atoms with Crippen LogP contribution in [-0.4, -0.2) is 19.8 Å². The van der Waals surface area contributed by atoms with Gasteiger partial charge >= 0.3 is 0 Å². The summed E-state index contributed by atoms with van der Waals surface area (Å²) in [5, 5.41) is 8.57. The van der Waals surface area contributed by atoms with Crippen LogP contribution >= 0.6 is 0 Å². The van der Waals surface area contributed by atoms with Gasteiger partial charge < -0.3 is 5.11 Å². The van der Waals surface area contributed by atoms with E-state index in [2.05, 4.69) is 20.0 Å². The van der Waals surface area contributed by atoms with Crippen LogP contribution < -0.4 is 0 Å². The van der Waals surface area contributed by atoms with Crippen molar-refractivity contribution in [3.05, 3.63) is 0 Å². The lowest BCUT2D eigenvalue weighted by atomic mass is 10.9. The Morgan fingerprint density at radius 3 is 2.00 bits per heavy atom. The molecule has 1 N–H and O–H groups in total. The molecule has 0 aliphatic heterocycles. The molecule has 0 saturated carbocycles. The fraction of sp³-hybridized carbons (Fsp3) is 1.00. The van der Waals surface area contributed by atoms with Gasteiger partial charge in [0, 0.05) is 14.7 Å². The second-order valence-corrected chi connectivity index (χ2v) is 8.53. The van der Waals surface area contributed by atoms with Gasteiger partial charge in [-0.2, -0.15) is 0 Å². The van der Waals surface area contributed by atoms with Crippen LogP contribution in [0.5, 0.6) is 0 Å². The average Bonchev–Trinajstić information content (AvgIpc) is 1.67.